The number of fused-ring (bicyclic) bond motifs is 2. The second-order valence-electron chi connectivity index (χ2n) is 6.02. The van der Waals surface area contributed by atoms with Gasteiger partial charge in [-0.1, -0.05) is 6.92 Å². The van der Waals surface area contributed by atoms with Gasteiger partial charge in [-0.2, -0.15) is 0 Å². The van der Waals surface area contributed by atoms with Crippen LogP contribution in [0, 0.1) is 17.8 Å². The van der Waals surface area contributed by atoms with E-state index in [-0.39, 0.29) is 0 Å². The number of aliphatic hydroxyl groups is 1. The van der Waals surface area contributed by atoms with Crippen LogP contribution in [0.3, 0.4) is 0 Å². The fourth-order valence-electron chi connectivity index (χ4n) is 3.97. The second-order valence-corrected chi connectivity index (χ2v) is 6.02. The SMILES string of the molecule is CC1CC2OC(C1)C2C1CCC(F)C(O)C1. The van der Waals surface area contributed by atoms with Gasteiger partial charge in [0.1, 0.15) is 6.17 Å². The number of aliphatic hydroxyl groups excluding tert-OH is 1. The minimum Gasteiger partial charge on any atom is -0.390 e. The van der Waals surface area contributed by atoms with Gasteiger partial charge in [0, 0.05) is 5.92 Å². The molecule has 3 heteroatoms. The Kier molecular flexibility index (Phi) is 2.71. The zero-order valence-corrected chi connectivity index (χ0v) is 9.81. The van der Waals surface area contributed by atoms with Gasteiger partial charge in [-0.25, -0.2) is 4.39 Å². The van der Waals surface area contributed by atoms with Crippen LogP contribution in [0.4, 0.5) is 4.39 Å². The molecule has 0 radical (unpaired) electrons. The maximum atomic E-state index is 13.2. The first-order chi connectivity index (χ1) is 7.65. The summed E-state index contributed by atoms with van der Waals surface area (Å²) in [6.07, 6.45) is 3.54. The molecule has 2 aliphatic heterocycles. The van der Waals surface area contributed by atoms with Crippen LogP contribution < -0.4 is 0 Å². The van der Waals surface area contributed by atoms with E-state index in [0.717, 1.165) is 25.2 Å². The predicted molar refractivity (Wildman–Crippen MR) is 58.8 cm³/mol. The first-order valence-electron chi connectivity index (χ1n) is 6.62. The maximum Gasteiger partial charge on any atom is 0.126 e. The van der Waals surface area contributed by atoms with E-state index in [2.05, 4.69) is 6.92 Å². The molecule has 4 fully saturated rings. The lowest BCUT2D eigenvalue weighted by Crippen LogP contribution is -2.58. The summed E-state index contributed by atoms with van der Waals surface area (Å²) in [6, 6.07) is 0. The van der Waals surface area contributed by atoms with Crippen LogP contribution in [0.5, 0.6) is 0 Å². The Morgan fingerprint density at radius 3 is 2.44 bits per heavy atom. The van der Waals surface area contributed by atoms with Gasteiger partial charge >= 0.3 is 0 Å². The predicted octanol–water partition coefficient (Wildman–Crippen LogP) is 2.30. The third kappa shape index (κ3) is 1.68. The van der Waals surface area contributed by atoms with Crippen LogP contribution in [0.25, 0.3) is 0 Å². The Morgan fingerprint density at radius 2 is 1.81 bits per heavy atom. The van der Waals surface area contributed by atoms with Gasteiger partial charge in [0.15, 0.2) is 0 Å². The molecule has 0 aromatic heterocycles. The van der Waals surface area contributed by atoms with Crippen LogP contribution in [-0.2, 0) is 4.74 Å². The highest BCUT2D eigenvalue weighted by Crippen LogP contribution is 2.50. The molecule has 2 saturated heterocycles. The van der Waals surface area contributed by atoms with Gasteiger partial charge in [-0.3, -0.25) is 0 Å². The average Bonchev–Trinajstić information content (AvgIpc) is 2.23. The minimum absolute atomic E-state index is 0.405. The lowest BCUT2D eigenvalue weighted by atomic mass is 9.64. The van der Waals surface area contributed by atoms with Gasteiger partial charge in [0.2, 0.25) is 0 Å². The number of rotatable bonds is 1. The average molecular weight is 228 g/mol. The Bertz CT molecular complexity index is 259. The lowest BCUT2D eigenvalue weighted by Gasteiger charge is -2.55. The third-order valence-corrected chi connectivity index (χ3v) is 4.80. The van der Waals surface area contributed by atoms with Gasteiger partial charge in [0.05, 0.1) is 18.3 Å². The van der Waals surface area contributed by atoms with Crippen molar-refractivity contribution in [3.05, 3.63) is 0 Å². The van der Waals surface area contributed by atoms with Crippen LogP contribution >= 0.6 is 0 Å². The minimum atomic E-state index is -0.990. The summed E-state index contributed by atoms with van der Waals surface area (Å²) < 4.78 is 19.0. The van der Waals surface area contributed by atoms with E-state index < -0.39 is 12.3 Å². The van der Waals surface area contributed by atoms with Crippen LogP contribution in [0.2, 0.25) is 0 Å². The van der Waals surface area contributed by atoms with E-state index in [9.17, 15) is 9.50 Å². The monoisotopic (exact) mass is 228 g/mol. The zero-order valence-electron chi connectivity index (χ0n) is 9.81. The molecule has 2 bridgehead atoms. The molecule has 4 rings (SSSR count). The molecule has 4 aliphatic rings. The van der Waals surface area contributed by atoms with Crippen molar-refractivity contribution in [1.29, 1.82) is 0 Å². The molecule has 2 aliphatic carbocycles. The van der Waals surface area contributed by atoms with Gasteiger partial charge < -0.3 is 9.84 Å². The normalized spacial score (nSPS) is 56.8. The van der Waals surface area contributed by atoms with E-state index in [1.165, 1.54) is 0 Å². The molecular weight excluding hydrogens is 207 g/mol. The van der Waals surface area contributed by atoms with E-state index >= 15 is 0 Å². The third-order valence-electron chi connectivity index (χ3n) is 4.80. The molecule has 0 amide bonds. The number of ether oxygens (including phenoxy) is 1. The molecular formula is C13H21FO2. The first kappa shape index (κ1) is 11.0. The van der Waals surface area contributed by atoms with Gasteiger partial charge in [-0.05, 0) is 43.9 Å². The van der Waals surface area contributed by atoms with Crippen LogP contribution in [0.1, 0.15) is 39.0 Å². The fraction of sp³-hybridized carbons (Fsp3) is 1.00. The second kappa shape index (κ2) is 3.95. The Hall–Kier alpha value is -0.150. The van der Waals surface area contributed by atoms with Crippen molar-refractivity contribution in [1.82, 2.24) is 0 Å². The molecule has 2 nitrogen and oxygen atoms in total. The maximum absolute atomic E-state index is 13.2. The zero-order chi connectivity index (χ0) is 11.3. The van der Waals surface area contributed by atoms with Crippen molar-refractivity contribution in [2.45, 2.75) is 63.5 Å². The Balaban J connectivity index is 1.63. The van der Waals surface area contributed by atoms with Crippen molar-refractivity contribution >= 4 is 0 Å². The molecule has 0 aromatic rings. The molecule has 1 N–H and O–H groups in total. The van der Waals surface area contributed by atoms with E-state index in [0.29, 0.717) is 36.9 Å². The first-order valence-corrected chi connectivity index (χ1v) is 6.62. The topological polar surface area (TPSA) is 29.5 Å². The number of halogens is 1. The standard InChI is InChI=1S/C13H21FO2/c1-7-4-11-13(12(5-7)16-11)8-2-3-9(14)10(15)6-8/h7-13,15H,2-6H2,1H3. The molecule has 92 valence electrons. The molecule has 0 aromatic carbocycles. The van der Waals surface area contributed by atoms with E-state index in [1.54, 1.807) is 0 Å². The Morgan fingerprint density at radius 1 is 1.12 bits per heavy atom. The van der Waals surface area contributed by atoms with Gasteiger partial charge in [-0.15, -0.1) is 0 Å². The number of hydrogen-bond acceptors (Lipinski definition) is 2. The lowest BCUT2D eigenvalue weighted by molar-refractivity contribution is -0.248. The highest BCUT2D eigenvalue weighted by molar-refractivity contribution is 5.00. The van der Waals surface area contributed by atoms with Crippen molar-refractivity contribution in [3.63, 3.8) is 0 Å². The molecule has 0 spiro atoms. The van der Waals surface area contributed by atoms with E-state index in [4.69, 9.17) is 4.74 Å². The smallest absolute Gasteiger partial charge is 0.126 e. The van der Waals surface area contributed by atoms with Crippen molar-refractivity contribution in [2.75, 3.05) is 0 Å². The molecule has 2 heterocycles. The van der Waals surface area contributed by atoms with Crippen molar-refractivity contribution < 1.29 is 14.2 Å². The molecule has 2 saturated carbocycles. The quantitative estimate of drug-likeness (QED) is 0.746. The molecule has 5 unspecified atom stereocenters. The summed E-state index contributed by atoms with van der Waals surface area (Å²) in [5.41, 5.74) is 0. The van der Waals surface area contributed by atoms with Gasteiger partial charge in [0.25, 0.3) is 0 Å². The molecule has 5 atom stereocenters. The largest absolute Gasteiger partial charge is 0.390 e. The number of alkyl halides is 1. The summed E-state index contributed by atoms with van der Waals surface area (Å²) in [5.74, 6) is 1.89. The number of hydrogen-bond donors (Lipinski definition) is 1. The highest BCUT2D eigenvalue weighted by atomic mass is 19.1. The van der Waals surface area contributed by atoms with Crippen LogP contribution in [-0.4, -0.2) is 29.6 Å². The Labute approximate surface area is 96.2 Å². The fourth-order valence-corrected chi connectivity index (χ4v) is 3.97. The summed E-state index contributed by atoms with van der Waals surface area (Å²) in [4.78, 5) is 0. The summed E-state index contributed by atoms with van der Waals surface area (Å²) in [5, 5.41) is 9.62. The highest BCUT2D eigenvalue weighted by Gasteiger charge is 2.52. The summed E-state index contributed by atoms with van der Waals surface area (Å²) in [7, 11) is 0. The summed E-state index contributed by atoms with van der Waals surface area (Å²) in [6.45, 7) is 2.28. The van der Waals surface area contributed by atoms with Crippen molar-refractivity contribution in [2.24, 2.45) is 17.8 Å². The van der Waals surface area contributed by atoms with Crippen LogP contribution in [0.15, 0.2) is 0 Å². The molecule has 16 heavy (non-hydrogen) atoms. The summed E-state index contributed by atoms with van der Waals surface area (Å²) >= 11 is 0. The van der Waals surface area contributed by atoms with Crippen molar-refractivity contribution in [3.8, 4) is 0 Å². The van der Waals surface area contributed by atoms with E-state index in [1.807, 2.05) is 0 Å².